The molecular formula is C16H19ClN2O5. The molecule has 0 bridgehead atoms. The van der Waals surface area contributed by atoms with Gasteiger partial charge in [-0.25, -0.2) is 4.79 Å². The Hall–Kier alpha value is -2.12. The first-order chi connectivity index (χ1) is 11.3. The molecule has 1 aromatic carbocycles. The second-order valence-electron chi connectivity index (χ2n) is 5.77. The number of carboxylic acid groups (broad SMARTS) is 1. The van der Waals surface area contributed by atoms with E-state index in [1.54, 1.807) is 24.3 Å². The minimum absolute atomic E-state index is 0.0239. The van der Waals surface area contributed by atoms with Crippen LogP contribution in [0, 0.1) is 0 Å². The summed E-state index contributed by atoms with van der Waals surface area (Å²) in [5, 5.41) is 21.9. The van der Waals surface area contributed by atoms with Crippen molar-refractivity contribution < 1.29 is 24.6 Å². The van der Waals surface area contributed by atoms with E-state index in [-0.39, 0.29) is 25.3 Å². The lowest BCUT2D eigenvalue weighted by Crippen LogP contribution is -2.51. The molecule has 1 aromatic rings. The molecule has 0 radical (unpaired) electrons. The Morgan fingerprint density at radius 3 is 2.62 bits per heavy atom. The maximum atomic E-state index is 12.4. The Morgan fingerprint density at radius 1 is 1.38 bits per heavy atom. The van der Waals surface area contributed by atoms with E-state index in [0.29, 0.717) is 10.6 Å². The number of aliphatic hydroxyl groups is 1. The number of rotatable bonds is 5. The number of carboxylic acids is 1. The molecule has 1 aliphatic rings. The molecule has 7 nitrogen and oxygen atoms in total. The van der Waals surface area contributed by atoms with Crippen molar-refractivity contribution in [3.05, 3.63) is 34.9 Å². The lowest BCUT2D eigenvalue weighted by molar-refractivity contribution is -0.143. The van der Waals surface area contributed by atoms with Crippen LogP contribution in [0.1, 0.15) is 18.9 Å². The van der Waals surface area contributed by atoms with E-state index >= 15 is 0 Å². The number of β-amino-alcohol motifs (C(OH)–C–C–N with tert-alkyl or cyclic N) is 1. The third-order valence-corrected chi connectivity index (χ3v) is 4.35. The fraction of sp³-hybridized carbons (Fsp3) is 0.438. The normalized spacial score (nSPS) is 21.4. The number of nitrogens with one attached hydrogen (secondary N) is 1. The predicted octanol–water partition coefficient (Wildman–Crippen LogP) is 0.434. The molecule has 0 aromatic heterocycles. The van der Waals surface area contributed by atoms with E-state index in [2.05, 4.69) is 5.32 Å². The molecule has 1 fully saturated rings. The van der Waals surface area contributed by atoms with Crippen molar-refractivity contribution >= 4 is 29.4 Å². The third-order valence-electron chi connectivity index (χ3n) is 3.98. The Balaban J connectivity index is 2.10. The number of carbonyl (C=O) groups is 3. The smallest absolute Gasteiger partial charge is 0.326 e. The van der Waals surface area contributed by atoms with Crippen LogP contribution < -0.4 is 5.32 Å². The van der Waals surface area contributed by atoms with Gasteiger partial charge in [0.15, 0.2) is 0 Å². The first kappa shape index (κ1) is 18.2. The molecule has 0 unspecified atom stereocenters. The minimum Gasteiger partial charge on any atom is -0.480 e. The monoisotopic (exact) mass is 354 g/mol. The Morgan fingerprint density at radius 2 is 2.04 bits per heavy atom. The van der Waals surface area contributed by atoms with Gasteiger partial charge in [-0.15, -0.1) is 0 Å². The molecule has 1 heterocycles. The summed E-state index contributed by atoms with van der Waals surface area (Å²) in [5.41, 5.74) is 0.599. The van der Waals surface area contributed by atoms with Gasteiger partial charge in [-0.2, -0.15) is 0 Å². The van der Waals surface area contributed by atoms with E-state index < -0.39 is 30.1 Å². The van der Waals surface area contributed by atoms with Gasteiger partial charge in [0.25, 0.3) is 0 Å². The number of halogens is 1. The Labute approximate surface area is 144 Å². The maximum absolute atomic E-state index is 12.4. The number of benzene rings is 1. The van der Waals surface area contributed by atoms with Gasteiger partial charge >= 0.3 is 5.97 Å². The van der Waals surface area contributed by atoms with Crippen LogP contribution >= 0.6 is 11.6 Å². The number of hydrogen-bond donors (Lipinski definition) is 3. The van der Waals surface area contributed by atoms with E-state index in [4.69, 9.17) is 11.6 Å². The average molecular weight is 355 g/mol. The molecule has 0 saturated carbocycles. The molecule has 2 rings (SSSR count). The minimum atomic E-state index is -1.20. The van der Waals surface area contributed by atoms with Crippen LogP contribution in [0.15, 0.2) is 24.3 Å². The summed E-state index contributed by atoms with van der Waals surface area (Å²) < 4.78 is 0. The van der Waals surface area contributed by atoms with Gasteiger partial charge in [-0.3, -0.25) is 9.59 Å². The number of likely N-dealkylation sites (tertiary alicyclic amines) is 1. The highest BCUT2D eigenvalue weighted by Crippen LogP contribution is 2.20. The molecule has 0 spiro atoms. The van der Waals surface area contributed by atoms with Crippen LogP contribution in [0.3, 0.4) is 0 Å². The molecule has 3 N–H and O–H groups in total. The molecule has 1 saturated heterocycles. The second-order valence-corrected chi connectivity index (χ2v) is 6.18. The van der Waals surface area contributed by atoms with Gasteiger partial charge in [0.05, 0.1) is 6.10 Å². The molecule has 0 aliphatic carbocycles. The van der Waals surface area contributed by atoms with Gasteiger partial charge < -0.3 is 20.4 Å². The van der Waals surface area contributed by atoms with Crippen LogP contribution in [0.5, 0.6) is 0 Å². The largest absolute Gasteiger partial charge is 0.480 e. The van der Waals surface area contributed by atoms with Crippen LogP contribution in [0.25, 0.3) is 0 Å². The zero-order chi connectivity index (χ0) is 17.9. The fourth-order valence-corrected chi connectivity index (χ4v) is 2.98. The van der Waals surface area contributed by atoms with Crippen molar-refractivity contribution in [3.8, 4) is 0 Å². The zero-order valence-electron chi connectivity index (χ0n) is 13.1. The number of amides is 2. The van der Waals surface area contributed by atoms with Gasteiger partial charge in [-0.05, 0) is 11.6 Å². The standard InChI is InChI=1S/C16H19ClN2O5/c1-9(20)19-8-11(21)7-14(19)15(22)18-13(16(23)24)6-10-4-2-3-5-12(10)17/h2-5,11,13-14,21H,6-8H2,1H3,(H,18,22)(H,23,24)/t11-,13-,14+/m1/s1. The average Bonchev–Trinajstić information content (AvgIpc) is 2.91. The first-order valence-electron chi connectivity index (χ1n) is 7.51. The van der Waals surface area contributed by atoms with Crippen LogP contribution in [0.2, 0.25) is 5.02 Å². The van der Waals surface area contributed by atoms with Crippen molar-refractivity contribution in [2.75, 3.05) is 6.54 Å². The van der Waals surface area contributed by atoms with Crippen LogP contribution in [-0.2, 0) is 20.8 Å². The van der Waals surface area contributed by atoms with Crippen molar-refractivity contribution in [2.24, 2.45) is 0 Å². The Bertz CT molecular complexity index is 651. The SMILES string of the molecule is CC(=O)N1C[C@H](O)C[C@H]1C(=O)N[C@H](Cc1ccccc1Cl)C(=O)O. The van der Waals surface area contributed by atoms with E-state index in [0.717, 1.165) is 0 Å². The second kappa shape index (κ2) is 7.63. The summed E-state index contributed by atoms with van der Waals surface area (Å²) in [5.74, 6) is -2.14. The third kappa shape index (κ3) is 4.24. The van der Waals surface area contributed by atoms with Gasteiger partial charge in [0.2, 0.25) is 11.8 Å². The molecule has 24 heavy (non-hydrogen) atoms. The molecular weight excluding hydrogens is 336 g/mol. The first-order valence-corrected chi connectivity index (χ1v) is 7.89. The summed E-state index contributed by atoms with van der Waals surface area (Å²) in [6, 6.07) is 4.74. The molecule has 3 atom stereocenters. The number of aliphatic hydroxyl groups excluding tert-OH is 1. The van der Waals surface area contributed by atoms with Gasteiger partial charge in [0.1, 0.15) is 12.1 Å². The highest BCUT2D eigenvalue weighted by molar-refractivity contribution is 6.31. The fourth-order valence-electron chi connectivity index (χ4n) is 2.76. The lowest BCUT2D eigenvalue weighted by Gasteiger charge is -2.24. The van der Waals surface area contributed by atoms with Crippen molar-refractivity contribution in [1.82, 2.24) is 10.2 Å². The van der Waals surface area contributed by atoms with Crippen molar-refractivity contribution in [2.45, 2.75) is 38.0 Å². The number of aliphatic carboxylic acids is 1. The van der Waals surface area contributed by atoms with Crippen LogP contribution in [0.4, 0.5) is 0 Å². The maximum Gasteiger partial charge on any atom is 0.326 e. The molecule has 2 amide bonds. The lowest BCUT2D eigenvalue weighted by atomic mass is 10.0. The van der Waals surface area contributed by atoms with Gasteiger partial charge in [0, 0.05) is 31.3 Å². The summed E-state index contributed by atoms with van der Waals surface area (Å²) in [7, 11) is 0. The molecule has 130 valence electrons. The number of nitrogens with zero attached hydrogens (tertiary/aromatic N) is 1. The van der Waals surface area contributed by atoms with E-state index in [9.17, 15) is 24.6 Å². The zero-order valence-corrected chi connectivity index (χ0v) is 13.9. The van der Waals surface area contributed by atoms with Crippen molar-refractivity contribution in [1.29, 1.82) is 0 Å². The molecule has 1 aliphatic heterocycles. The van der Waals surface area contributed by atoms with Gasteiger partial charge in [-0.1, -0.05) is 29.8 Å². The highest BCUT2D eigenvalue weighted by Gasteiger charge is 2.38. The number of carbonyl (C=O) groups excluding carboxylic acids is 2. The van der Waals surface area contributed by atoms with Crippen LogP contribution in [-0.4, -0.2) is 57.6 Å². The summed E-state index contributed by atoms with van der Waals surface area (Å²) in [4.78, 5) is 36.6. The highest BCUT2D eigenvalue weighted by atomic mass is 35.5. The quantitative estimate of drug-likeness (QED) is 0.711. The van der Waals surface area contributed by atoms with E-state index in [1.165, 1.54) is 11.8 Å². The summed E-state index contributed by atoms with van der Waals surface area (Å²) in [6.07, 6.45) is -0.684. The van der Waals surface area contributed by atoms with E-state index in [1.807, 2.05) is 0 Å². The summed E-state index contributed by atoms with van der Waals surface area (Å²) >= 11 is 6.03. The van der Waals surface area contributed by atoms with Crippen molar-refractivity contribution in [3.63, 3.8) is 0 Å². The molecule has 8 heteroatoms. The predicted molar refractivity (Wildman–Crippen MR) is 86.5 cm³/mol. The topological polar surface area (TPSA) is 107 Å². The summed E-state index contributed by atoms with van der Waals surface area (Å²) in [6.45, 7) is 1.37. The number of hydrogen-bond acceptors (Lipinski definition) is 4. The Kier molecular flexibility index (Phi) is 5.80.